The first-order valence-electron chi connectivity index (χ1n) is 9.21. The molecule has 1 unspecified atom stereocenters. The number of ether oxygens (including phenoxy) is 1. The molecule has 1 saturated heterocycles. The van der Waals surface area contributed by atoms with Crippen molar-refractivity contribution < 1.29 is 19.4 Å². The minimum atomic E-state index is -0.915. The number of carboxylic acid groups (broad SMARTS) is 1. The van der Waals surface area contributed by atoms with Crippen LogP contribution in [0.2, 0.25) is 0 Å². The number of aliphatic carboxylic acids is 1. The van der Waals surface area contributed by atoms with Gasteiger partial charge >= 0.3 is 5.97 Å². The van der Waals surface area contributed by atoms with Gasteiger partial charge in [0.25, 0.3) is 0 Å². The monoisotopic (exact) mass is 371 g/mol. The molecule has 0 spiro atoms. The number of hydrogen-bond acceptors (Lipinski definition) is 4. The largest absolute Gasteiger partial charge is 0.496 e. The van der Waals surface area contributed by atoms with Crippen LogP contribution in [0.4, 0.5) is 0 Å². The number of aromatic nitrogens is 2. The number of nitrogens with zero attached hydrogens (tertiary/aromatic N) is 3. The van der Waals surface area contributed by atoms with E-state index >= 15 is 0 Å². The highest BCUT2D eigenvalue weighted by molar-refractivity contribution is 5.76. The quantitative estimate of drug-likeness (QED) is 0.807. The van der Waals surface area contributed by atoms with Crippen LogP contribution in [0.15, 0.2) is 36.5 Å². The minimum Gasteiger partial charge on any atom is -0.496 e. The van der Waals surface area contributed by atoms with Crippen molar-refractivity contribution in [2.24, 2.45) is 0 Å². The molecular weight excluding hydrogens is 346 g/mol. The molecule has 1 aromatic heterocycles. The predicted molar refractivity (Wildman–Crippen MR) is 99.7 cm³/mol. The van der Waals surface area contributed by atoms with Crippen molar-refractivity contribution in [1.29, 1.82) is 0 Å². The normalized spacial score (nSPS) is 16.9. The molecule has 1 aromatic carbocycles. The van der Waals surface area contributed by atoms with Crippen LogP contribution in [0.25, 0.3) is 0 Å². The average molecular weight is 371 g/mol. The summed E-state index contributed by atoms with van der Waals surface area (Å²) in [6, 6.07) is 9.62. The van der Waals surface area contributed by atoms with Gasteiger partial charge in [-0.3, -0.25) is 14.3 Å². The fraction of sp³-hybridized carbons (Fsp3) is 0.450. The van der Waals surface area contributed by atoms with Gasteiger partial charge in [0.1, 0.15) is 12.3 Å². The number of likely N-dealkylation sites (tertiary alicyclic amines) is 1. The summed E-state index contributed by atoms with van der Waals surface area (Å²) in [7, 11) is 1.64. The Morgan fingerprint density at radius 2 is 2.11 bits per heavy atom. The third-order valence-electron chi connectivity index (χ3n) is 4.95. The van der Waals surface area contributed by atoms with Crippen LogP contribution >= 0.6 is 0 Å². The second kappa shape index (κ2) is 8.70. The number of para-hydroxylation sites is 1. The van der Waals surface area contributed by atoms with Crippen LogP contribution in [-0.2, 0) is 22.6 Å². The Balaban J connectivity index is 1.58. The minimum absolute atomic E-state index is 0.135. The van der Waals surface area contributed by atoms with Gasteiger partial charge in [-0.1, -0.05) is 18.2 Å². The first kappa shape index (κ1) is 18.9. The third-order valence-corrected chi connectivity index (χ3v) is 4.95. The molecule has 7 heteroatoms. The van der Waals surface area contributed by atoms with Gasteiger partial charge in [-0.15, -0.1) is 0 Å². The Bertz CT molecular complexity index is 802. The summed E-state index contributed by atoms with van der Waals surface area (Å²) in [6.07, 6.45) is 4.67. The molecule has 1 aliphatic rings. The molecule has 27 heavy (non-hydrogen) atoms. The number of methoxy groups -OCH3 is 1. The third kappa shape index (κ3) is 4.87. The lowest BCUT2D eigenvalue weighted by Gasteiger charge is -2.32. The Morgan fingerprint density at radius 3 is 2.89 bits per heavy atom. The molecule has 0 saturated carbocycles. The summed E-state index contributed by atoms with van der Waals surface area (Å²) in [6.45, 7) is 1.25. The van der Waals surface area contributed by atoms with Gasteiger partial charge in [-0.2, -0.15) is 5.10 Å². The van der Waals surface area contributed by atoms with E-state index in [4.69, 9.17) is 9.84 Å². The number of carbonyl (C=O) groups excluding carboxylic acids is 1. The van der Waals surface area contributed by atoms with E-state index < -0.39 is 5.97 Å². The Labute approximate surface area is 158 Å². The van der Waals surface area contributed by atoms with Crippen molar-refractivity contribution in [3.05, 3.63) is 47.8 Å². The molecule has 2 heterocycles. The number of aryl methyl sites for hydroxylation is 1. The second-order valence-electron chi connectivity index (χ2n) is 6.82. The topological polar surface area (TPSA) is 84.7 Å². The van der Waals surface area contributed by atoms with Gasteiger partial charge in [0.2, 0.25) is 5.91 Å². The number of benzene rings is 1. The average Bonchev–Trinajstić information content (AvgIpc) is 3.14. The molecule has 7 nitrogen and oxygen atoms in total. The Hall–Kier alpha value is -2.83. The number of carboxylic acids is 1. The maximum Gasteiger partial charge on any atom is 0.325 e. The van der Waals surface area contributed by atoms with Gasteiger partial charge in [-0.05, 0) is 37.0 Å². The first-order chi connectivity index (χ1) is 13.1. The van der Waals surface area contributed by atoms with Crippen LogP contribution in [-0.4, -0.2) is 51.9 Å². The zero-order chi connectivity index (χ0) is 19.2. The van der Waals surface area contributed by atoms with E-state index in [1.165, 1.54) is 4.68 Å². The molecular formula is C20H25N3O4. The summed E-state index contributed by atoms with van der Waals surface area (Å²) in [5, 5.41) is 13.2. The second-order valence-corrected chi connectivity index (χ2v) is 6.82. The number of carbonyl (C=O) groups is 2. The first-order valence-corrected chi connectivity index (χ1v) is 9.21. The van der Waals surface area contributed by atoms with Crippen LogP contribution in [0.1, 0.15) is 36.4 Å². The van der Waals surface area contributed by atoms with E-state index in [-0.39, 0.29) is 18.4 Å². The van der Waals surface area contributed by atoms with Crippen molar-refractivity contribution in [1.82, 2.24) is 14.7 Å². The predicted octanol–water partition coefficient (Wildman–Crippen LogP) is 2.32. The van der Waals surface area contributed by atoms with E-state index in [9.17, 15) is 9.59 Å². The van der Waals surface area contributed by atoms with Gasteiger partial charge in [0, 0.05) is 31.6 Å². The lowest BCUT2D eigenvalue weighted by atomic mass is 9.94. The van der Waals surface area contributed by atoms with Crippen LogP contribution < -0.4 is 4.74 Å². The number of hydrogen-bond donors (Lipinski definition) is 1. The maximum absolute atomic E-state index is 12.7. The van der Waals surface area contributed by atoms with Crippen molar-refractivity contribution in [3.8, 4) is 5.75 Å². The number of rotatable bonds is 7. The van der Waals surface area contributed by atoms with Gasteiger partial charge < -0.3 is 14.7 Å². The SMILES string of the molecule is COc1ccccc1CCC(=O)N1CCCC(c2ccn(CC(=O)O)n2)C1. The summed E-state index contributed by atoms with van der Waals surface area (Å²) in [5.41, 5.74) is 1.90. The number of amides is 1. The molecule has 1 fully saturated rings. The molecule has 2 aromatic rings. The molecule has 0 bridgehead atoms. The molecule has 0 radical (unpaired) electrons. The number of piperidine rings is 1. The Kier molecular flexibility index (Phi) is 6.11. The fourth-order valence-corrected chi connectivity index (χ4v) is 3.58. The summed E-state index contributed by atoms with van der Waals surface area (Å²) in [5.74, 6) is 0.187. The summed E-state index contributed by atoms with van der Waals surface area (Å²) >= 11 is 0. The van der Waals surface area contributed by atoms with Crippen molar-refractivity contribution in [2.45, 2.75) is 38.1 Å². The molecule has 1 aliphatic heterocycles. The van der Waals surface area contributed by atoms with Gasteiger partial charge in [0.05, 0.1) is 12.8 Å². The standard InChI is InChI=1S/C20H25N3O4/c1-27-18-7-3-2-5-15(18)8-9-19(24)22-11-4-6-16(13-22)17-10-12-23(21-17)14-20(25)26/h2-3,5,7,10,12,16H,4,6,8-9,11,13-14H2,1H3,(H,25,26). The molecule has 1 N–H and O–H groups in total. The van der Waals surface area contributed by atoms with E-state index in [0.29, 0.717) is 19.4 Å². The van der Waals surface area contributed by atoms with E-state index in [2.05, 4.69) is 5.10 Å². The molecule has 3 rings (SSSR count). The highest BCUT2D eigenvalue weighted by Crippen LogP contribution is 2.26. The maximum atomic E-state index is 12.7. The van der Waals surface area contributed by atoms with Crippen molar-refractivity contribution >= 4 is 11.9 Å². The highest BCUT2D eigenvalue weighted by atomic mass is 16.5. The van der Waals surface area contributed by atoms with Gasteiger partial charge in [-0.25, -0.2) is 0 Å². The highest BCUT2D eigenvalue weighted by Gasteiger charge is 2.26. The van der Waals surface area contributed by atoms with Crippen molar-refractivity contribution in [2.75, 3.05) is 20.2 Å². The smallest absolute Gasteiger partial charge is 0.325 e. The van der Waals surface area contributed by atoms with E-state index in [1.54, 1.807) is 13.3 Å². The summed E-state index contributed by atoms with van der Waals surface area (Å²) < 4.78 is 6.78. The zero-order valence-electron chi connectivity index (χ0n) is 15.5. The van der Waals surface area contributed by atoms with E-state index in [0.717, 1.165) is 36.4 Å². The van der Waals surface area contributed by atoms with Crippen molar-refractivity contribution in [3.63, 3.8) is 0 Å². The van der Waals surface area contributed by atoms with Crippen LogP contribution in [0, 0.1) is 0 Å². The van der Waals surface area contributed by atoms with Gasteiger partial charge in [0.15, 0.2) is 0 Å². The van der Waals surface area contributed by atoms with Crippen LogP contribution in [0.5, 0.6) is 5.75 Å². The molecule has 1 amide bonds. The molecule has 1 atom stereocenters. The zero-order valence-corrected chi connectivity index (χ0v) is 15.5. The molecule has 0 aliphatic carbocycles. The fourth-order valence-electron chi connectivity index (χ4n) is 3.58. The molecule has 144 valence electrons. The summed E-state index contributed by atoms with van der Waals surface area (Å²) in [4.78, 5) is 25.4. The Morgan fingerprint density at radius 1 is 1.30 bits per heavy atom. The lowest BCUT2D eigenvalue weighted by molar-refractivity contribution is -0.138. The lowest BCUT2D eigenvalue weighted by Crippen LogP contribution is -2.39. The van der Waals surface area contributed by atoms with E-state index in [1.807, 2.05) is 35.2 Å². The van der Waals surface area contributed by atoms with Crippen LogP contribution in [0.3, 0.4) is 0 Å².